The van der Waals surface area contributed by atoms with Crippen molar-refractivity contribution in [2.24, 2.45) is 5.73 Å². The van der Waals surface area contributed by atoms with Crippen LogP contribution < -0.4 is 5.73 Å². The minimum absolute atomic E-state index is 0.383. The Morgan fingerprint density at radius 3 is 1.67 bits per heavy atom. The van der Waals surface area contributed by atoms with Crippen molar-refractivity contribution in [3.05, 3.63) is 71.8 Å². The van der Waals surface area contributed by atoms with E-state index in [4.69, 9.17) is 10.2 Å². The fourth-order valence-electron chi connectivity index (χ4n) is 2.27. The van der Waals surface area contributed by atoms with Gasteiger partial charge in [0.15, 0.2) is 0 Å². The number of nitrogens with two attached hydrogens (primary N) is 1. The van der Waals surface area contributed by atoms with Gasteiger partial charge >= 0.3 is 6.18 Å². The molecule has 0 bridgehead atoms. The molecule has 1 aromatic heterocycles. The van der Waals surface area contributed by atoms with Crippen molar-refractivity contribution < 1.29 is 22.4 Å². The van der Waals surface area contributed by atoms with E-state index in [1.807, 2.05) is 0 Å². The number of rotatable bonds is 3. The molecule has 0 saturated carbocycles. The third-order valence-electron chi connectivity index (χ3n) is 3.56. The Kier molecular flexibility index (Phi) is 3.89. The SMILES string of the molecule is NC(=O)c1ccc(-c2ccc(-c3ccc(C(F)(F)F)cc3)o2)cc1. The molecular formula is C18H12F3NO2. The lowest BCUT2D eigenvalue weighted by Gasteiger charge is -2.06. The van der Waals surface area contributed by atoms with Gasteiger partial charge in [-0.2, -0.15) is 13.2 Å². The van der Waals surface area contributed by atoms with Crippen LogP contribution in [0.15, 0.2) is 65.1 Å². The summed E-state index contributed by atoms with van der Waals surface area (Å²) in [4.78, 5) is 11.1. The number of carbonyl (C=O) groups excluding carboxylic acids is 1. The normalized spacial score (nSPS) is 11.5. The van der Waals surface area contributed by atoms with Crippen molar-refractivity contribution >= 4 is 5.91 Å². The fourth-order valence-corrected chi connectivity index (χ4v) is 2.27. The highest BCUT2D eigenvalue weighted by Gasteiger charge is 2.30. The van der Waals surface area contributed by atoms with E-state index in [1.54, 1.807) is 36.4 Å². The molecule has 0 fully saturated rings. The first kappa shape index (κ1) is 15.9. The van der Waals surface area contributed by atoms with Crippen LogP contribution >= 0.6 is 0 Å². The maximum absolute atomic E-state index is 12.6. The predicted molar refractivity (Wildman–Crippen MR) is 83.1 cm³/mol. The number of furan rings is 1. The van der Waals surface area contributed by atoms with Gasteiger partial charge in [0.2, 0.25) is 5.91 Å². The first-order valence-corrected chi connectivity index (χ1v) is 7.02. The van der Waals surface area contributed by atoms with E-state index in [1.165, 1.54) is 12.1 Å². The zero-order chi connectivity index (χ0) is 17.3. The predicted octanol–water partition coefficient (Wildman–Crippen LogP) is 4.73. The van der Waals surface area contributed by atoms with Crippen LogP contribution in [-0.2, 0) is 6.18 Å². The maximum atomic E-state index is 12.6. The van der Waals surface area contributed by atoms with Crippen LogP contribution in [0.4, 0.5) is 13.2 Å². The minimum atomic E-state index is -4.37. The van der Waals surface area contributed by atoms with E-state index in [0.717, 1.165) is 17.7 Å². The van der Waals surface area contributed by atoms with Crippen LogP contribution in [-0.4, -0.2) is 5.91 Å². The second kappa shape index (κ2) is 5.88. The summed E-state index contributed by atoms with van der Waals surface area (Å²) in [5, 5.41) is 0. The number of carbonyl (C=O) groups is 1. The highest BCUT2D eigenvalue weighted by molar-refractivity contribution is 5.93. The number of amides is 1. The number of alkyl halides is 3. The molecule has 2 N–H and O–H groups in total. The largest absolute Gasteiger partial charge is 0.456 e. The molecule has 0 aliphatic rings. The monoisotopic (exact) mass is 331 g/mol. The van der Waals surface area contributed by atoms with Gasteiger partial charge in [-0.3, -0.25) is 4.79 Å². The zero-order valence-electron chi connectivity index (χ0n) is 12.3. The highest BCUT2D eigenvalue weighted by atomic mass is 19.4. The van der Waals surface area contributed by atoms with Crippen molar-refractivity contribution in [1.82, 2.24) is 0 Å². The van der Waals surface area contributed by atoms with Gasteiger partial charge in [-0.25, -0.2) is 0 Å². The standard InChI is InChI=1S/C18H12F3NO2/c19-18(20,21)14-7-5-12(6-8-14)16-10-9-15(24-16)11-1-3-13(4-2-11)17(22)23/h1-10H,(H2,22,23). The quantitative estimate of drug-likeness (QED) is 0.754. The second-order valence-electron chi connectivity index (χ2n) is 5.18. The minimum Gasteiger partial charge on any atom is -0.456 e. The number of halogens is 3. The van der Waals surface area contributed by atoms with E-state index < -0.39 is 17.6 Å². The molecule has 3 nitrogen and oxygen atoms in total. The lowest BCUT2D eigenvalue weighted by molar-refractivity contribution is -0.137. The fraction of sp³-hybridized carbons (Fsp3) is 0.0556. The van der Waals surface area contributed by atoms with Gasteiger partial charge in [0, 0.05) is 16.7 Å². The Bertz CT molecular complexity index is 863. The summed E-state index contributed by atoms with van der Waals surface area (Å²) in [6, 6.07) is 14.7. The molecule has 0 atom stereocenters. The van der Waals surface area contributed by atoms with Gasteiger partial charge in [0.1, 0.15) is 11.5 Å². The van der Waals surface area contributed by atoms with Crippen LogP contribution in [0.25, 0.3) is 22.6 Å². The second-order valence-corrected chi connectivity index (χ2v) is 5.18. The smallest absolute Gasteiger partial charge is 0.416 e. The first-order valence-electron chi connectivity index (χ1n) is 7.02. The Morgan fingerprint density at radius 2 is 1.25 bits per heavy atom. The van der Waals surface area contributed by atoms with E-state index in [9.17, 15) is 18.0 Å². The molecule has 0 aliphatic heterocycles. The van der Waals surface area contributed by atoms with E-state index >= 15 is 0 Å². The molecule has 0 unspecified atom stereocenters. The molecule has 0 radical (unpaired) electrons. The molecule has 24 heavy (non-hydrogen) atoms. The van der Waals surface area contributed by atoms with Crippen LogP contribution in [0.5, 0.6) is 0 Å². The number of hydrogen-bond acceptors (Lipinski definition) is 2. The van der Waals surface area contributed by atoms with Gasteiger partial charge in [0.05, 0.1) is 5.56 Å². The van der Waals surface area contributed by atoms with Crippen LogP contribution in [0, 0.1) is 0 Å². The van der Waals surface area contributed by atoms with Gasteiger partial charge in [-0.05, 0) is 36.4 Å². The highest BCUT2D eigenvalue weighted by Crippen LogP contribution is 2.32. The van der Waals surface area contributed by atoms with Crippen LogP contribution in [0.1, 0.15) is 15.9 Å². The molecule has 2 aromatic carbocycles. The van der Waals surface area contributed by atoms with Gasteiger partial charge < -0.3 is 10.2 Å². The molecule has 0 aliphatic carbocycles. The number of hydrogen-bond donors (Lipinski definition) is 1. The van der Waals surface area contributed by atoms with E-state index in [2.05, 4.69) is 0 Å². The Balaban J connectivity index is 1.86. The molecular weight excluding hydrogens is 319 g/mol. The van der Waals surface area contributed by atoms with Gasteiger partial charge in [0.25, 0.3) is 0 Å². The van der Waals surface area contributed by atoms with Crippen molar-refractivity contribution in [1.29, 1.82) is 0 Å². The Hall–Kier alpha value is -3.02. The molecule has 0 spiro atoms. The summed E-state index contributed by atoms with van der Waals surface area (Å²) in [7, 11) is 0. The lowest BCUT2D eigenvalue weighted by Crippen LogP contribution is -2.10. The summed E-state index contributed by atoms with van der Waals surface area (Å²) in [5.41, 5.74) is 6.14. The molecule has 1 amide bonds. The Labute approximate surface area is 135 Å². The molecule has 1 heterocycles. The summed E-state index contributed by atoms with van der Waals surface area (Å²) in [6.45, 7) is 0. The first-order chi connectivity index (χ1) is 11.3. The number of primary amides is 1. The van der Waals surface area contributed by atoms with Crippen LogP contribution in [0.3, 0.4) is 0 Å². The number of benzene rings is 2. The third kappa shape index (κ3) is 3.17. The summed E-state index contributed by atoms with van der Waals surface area (Å²) in [6.07, 6.45) is -4.37. The molecule has 0 saturated heterocycles. The molecule has 3 rings (SSSR count). The Morgan fingerprint density at radius 1 is 0.792 bits per heavy atom. The van der Waals surface area contributed by atoms with Crippen LogP contribution in [0.2, 0.25) is 0 Å². The summed E-state index contributed by atoms with van der Waals surface area (Å²) in [5.74, 6) is 0.477. The molecule has 122 valence electrons. The molecule has 3 aromatic rings. The van der Waals surface area contributed by atoms with Crippen molar-refractivity contribution in [3.8, 4) is 22.6 Å². The zero-order valence-corrected chi connectivity index (χ0v) is 12.3. The lowest BCUT2D eigenvalue weighted by atomic mass is 10.1. The average Bonchev–Trinajstić information content (AvgIpc) is 3.04. The third-order valence-corrected chi connectivity index (χ3v) is 3.56. The molecule has 6 heteroatoms. The van der Waals surface area contributed by atoms with Gasteiger partial charge in [-0.15, -0.1) is 0 Å². The van der Waals surface area contributed by atoms with Gasteiger partial charge in [-0.1, -0.05) is 24.3 Å². The summed E-state index contributed by atoms with van der Waals surface area (Å²) < 4.78 is 43.4. The summed E-state index contributed by atoms with van der Waals surface area (Å²) >= 11 is 0. The van der Waals surface area contributed by atoms with E-state index in [-0.39, 0.29) is 0 Å². The average molecular weight is 331 g/mol. The van der Waals surface area contributed by atoms with Crippen molar-refractivity contribution in [3.63, 3.8) is 0 Å². The van der Waals surface area contributed by atoms with E-state index in [0.29, 0.717) is 22.6 Å². The topological polar surface area (TPSA) is 56.2 Å². The maximum Gasteiger partial charge on any atom is 0.416 e. The van der Waals surface area contributed by atoms with Crippen molar-refractivity contribution in [2.75, 3.05) is 0 Å². The van der Waals surface area contributed by atoms with Crippen molar-refractivity contribution in [2.45, 2.75) is 6.18 Å².